The summed E-state index contributed by atoms with van der Waals surface area (Å²) in [5.41, 5.74) is 2.46. The van der Waals surface area contributed by atoms with E-state index < -0.39 is 5.97 Å². The van der Waals surface area contributed by atoms with Gasteiger partial charge < -0.3 is 10.0 Å². The molecule has 1 aliphatic carbocycles. The van der Waals surface area contributed by atoms with Crippen LogP contribution in [0.15, 0.2) is 24.3 Å². The summed E-state index contributed by atoms with van der Waals surface area (Å²) in [5.74, 6) is 0.582. The summed E-state index contributed by atoms with van der Waals surface area (Å²) in [6, 6.07) is 8.84. The molecule has 1 aromatic carbocycles. The van der Waals surface area contributed by atoms with E-state index in [0.717, 1.165) is 11.8 Å². The van der Waals surface area contributed by atoms with Gasteiger partial charge in [0.05, 0.1) is 5.92 Å². The number of aliphatic carboxylic acids is 1. The predicted octanol–water partition coefficient (Wildman–Crippen LogP) is 3.57. The number of anilines is 1. The Kier molecular flexibility index (Phi) is 3.92. The first-order valence-electron chi connectivity index (χ1n) is 8.13. The van der Waals surface area contributed by atoms with E-state index >= 15 is 0 Å². The Morgan fingerprint density at radius 1 is 1.19 bits per heavy atom. The Bertz CT molecular complexity index is 528. The summed E-state index contributed by atoms with van der Waals surface area (Å²) in [4.78, 5) is 13.9. The third kappa shape index (κ3) is 2.78. The van der Waals surface area contributed by atoms with Gasteiger partial charge in [-0.3, -0.25) is 4.79 Å². The van der Waals surface area contributed by atoms with Crippen LogP contribution in [0.4, 0.5) is 5.69 Å². The fourth-order valence-electron chi connectivity index (χ4n) is 3.94. The predicted molar refractivity (Wildman–Crippen MR) is 84.6 cm³/mol. The first kappa shape index (κ1) is 14.4. The number of benzene rings is 1. The van der Waals surface area contributed by atoms with E-state index in [0.29, 0.717) is 19.0 Å². The summed E-state index contributed by atoms with van der Waals surface area (Å²) >= 11 is 0. The van der Waals surface area contributed by atoms with Crippen molar-refractivity contribution in [1.82, 2.24) is 0 Å². The summed E-state index contributed by atoms with van der Waals surface area (Å²) < 4.78 is 0. The topological polar surface area (TPSA) is 40.5 Å². The van der Waals surface area contributed by atoms with Gasteiger partial charge in [0.1, 0.15) is 0 Å². The van der Waals surface area contributed by atoms with E-state index in [1.165, 1.54) is 30.5 Å². The Labute approximate surface area is 127 Å². The summed E-state index contributed by atoms with van der Waals surface area (Å²) in [6.07, 6.45) is 4.29. The van der Waals surface area contributed by atoms with Gasteiger partial charge in [-0.05, 0) is 49.1 Å². The van der Waals surface area contributed by atoms with Crippen molar-refractivity contribution in [3.8, 4) is 0 Å². The molecule has 1 aromatic rings. The van der Waals surface area contributed by atoms with E-state index in [2.05, 4.69) is 36.9 Å². The number of nitrogens with zero attached hydrogens (tertiary/aromatic N) is 1. The van der Waals surface area contributed by atoms with Crippen LogP contribution in [-0.2, 0) is 11.2 Å². The molecule has 0 radical (unpaired) electrons. The fraction of sp³-hybridized carbons (Fsp3) is 0.611. The molecule has 21 heavy (non-hydrogen) atoms. The average molecular weight is 287 g/mol. The number of para-hydroxylation sites is 1. The highest BCUT2D eigenvalue weighted by Crippen LogP contribution is 2.38. The van der Waals surface area contributed by atoms with Gasteiger partial charge >= 0.3 is 5.97 Å². The molecule has 3 heteroatoms. The Hall–Kier alpha value is -1.51. The molecule has 1 heterocycles. The second-order valence-electron chi connectivity index (χ2n) is 6.94. The van der Waals surface area contributed by atoms with Gasteiger partial charge in [0.25, 0.3) is 0 Å². The zero-order valence-electron chi connectivity index (χ0n) is 13.0. The van der Waals surface area contributed by atoms with E-state index in [4.69, 9.17) is 0 Å². The lowest BCUT2D eigenvalue weighted by atomic mass is 9.77. The SMILES string of the molecule is CC1CCC(N2CC(C(=O)O)Cc3ccccc32)CC1C. The fourth-order valence-corrected chi connectivity index (χ4v) is 3.94. The van der Waals surface area contributed by atoms with E-state index in [-0.39, 0.29) is 5.92 Å². The summed E-state index contributed by atoms with van der Waals surface area (Å²) in [5, 5.41) is 9.45. The van der Waals surface area contributed by atoms with Gasteiger partial charge in [-0.1, -0.05) is 32.0 Å². The molecular formula is C18H25NO2. The van der Waals surface area contributed by atoms with Crippen molar-refractivity contribution in [3.05, 3.63) is 29.8 Å². The Morgan fingerprint density at radius 3 is 2.67 bits per heavy atom. The third-order valence-corrected chi connectivity index (χ3v) is 5.54. The van der Waals surface area contributed by atoms with Crippen molar-refractivity contribution >= 4 is 11.7 Å². The van der Waals surface area contributed by atoms with Crippen LogP contribution in [0.1, 0.15) is 38.7 Å². The van der Waals surface area contributed by atoms with Crippen molar-refractivity contribution < 1.29 is 9.90 Å². The van der Waals surface area contributed by atoms with Gasteiger partial charge in [0.2, 0.25) is 0 Å². The molecule has 4 unspecified atom stereocenters. The summed E-state index contributed by atoms with van der Waals surface area (Å²) in [7, 11) is 0. The van der Waals surface area contributed by atoms with Crippen LogP contribution in [-0.4, -0.2) is 23.7 Å². The van der Waals surface area contributed by atoms with Crippen LogP contribution in [0, 0.1) is 17.8 Å². The molecule has 1 N–H and O–H groups in total. The van der Waals surface area contributed by atoms with Crippen LogP contribution in [0.25, 0.3) is 0 Å². The smallest absolute Gasteiger partial charge is 0.308 e. The van der Waals surface area contributed by atoms with Crippen LogP contribution >= 0.6 is 0 Å². The molecule has 4 atom stereocenters. The lowest BCUT2D eigenvalue weighted by Crippen LogP contribution is -2.47. The van der Waals surface area contributed by atoms with Gasteiger partial charge in [-0.25, -0.2) is 0 Å². The molecule has 1 saturated carbocycles. The Balaban J connectivity index is 1.88. The van der Waals surface area contributed by atoms with E-state index in [1.807, 2.05) is 6.07 Å². The first-order valence-corrected chi connectivity index (χ1v) is 8.13. The number of carboxylic acids is 1. The minimum absolute atomic E-state index is 0.269. The standard InChI is InChI=1S/C18H25NO2/c1-12-7-8-16(9-13(12)2)19-11-15(18(20)21)10-14-5-3-4-6-17(14)19/h3-6,12-13,15-16H,7-11H2,1-2H3,(H,20,21). The highest BCUT2D eigenvalue weighted by atomic mass is 16.4. The Morgan fingerprint density at radius 2 is 1.95 bits per heavy atom. The van der Waals surface area contributed by atoms with E-state index in [1.54, 1.807) is 0 Å². The lowest BCUT2D eigenvalue weighted by Gasteiger charge is -2.44. The molecule has 1 aliphatic heterocycles. The largest absolute Gasteiger partial charge is 0.481 e. The average Bonchev–Trinajstić information content (AvgIpc) is 2.49. The zero-order valence-corrected chi connectivity index (χ0v) is 13.0. The maximum Gasteiger partial charge on any atom is 0.308 e. The van der Waals surface area contributed by atoms with Crippen LogP contribution in [0.5, 0.6) is 0 Å². The highest BCUT2D eigenvalue weighted by Gasteiger charge is 2.35. The van der Waals surface area contributed by atoms with Gasteiger partial charge in [0.15, 0.2) is 0 Å². The molecule has 114 valence electrons. The molecule has 0 amide bonds. The van der Waals surface area contributed by atoms with Crippen molar-refractivity contribution in [1.29, 1.82) is 0 Å². The molecule has 1 fully saturated rings. The molecule has 2 aliphatic rings. The number of hydrogen-bond acceptors (Lipinski definition) is 2. The number of hydrogen-bond donors (Lipinski definition) is 1. The van der Waals surface area contributed by atoms with Gasteiger partial charge in [-0.15, -0.1) is 0 Å². The van der Waals surface area contributed by atoms with Gasteiger partial charge in [-0.2, -0.15) is 0 Å². The maximum atomic E-state index is 11.5. The lowest BCUT2D eigenvalue weighted by molar-refractivity contribution is -0.141. The van der Waals surface area contributed by atoms with Crippen molar-refractivity contribution in [2.75, 3.05) is 11.4 Å². The number of carboxylic acid groups (broad SMARTS) is 1. The van der Waals surface area contributed by atoms with Crippen LogP contribution < -0.4 is 4.90 Å². The van der Waals surface area contributed by atoms with Crippen molar-refractivity contribution in [3.63, 3.8) is 0 Å². The number of rotatable bonds is 2. The molecule has 0 bridgehead atoms. The zero-order chi connectivity index (χ0) is 15.0. The minimum atomic E-state index is -0.660. The monoisotopic (exact) mass is 287 g/mol. The molecule has 0 saturated heterocycles. The second-order valence-corrected chi connectivity index (χ2v) is 6.94. The van der Waals surface area contributed by atoms with Crippen LogP contribution in [0.2, 0.25) is 0 Å². The maximum absolute atomic E-state index is 11.5. The van der Waals surface area contributed by atoms with Crippen molar-refractivity contribution in [2.24, 2.45) is 17.8 Å². The normalized spacial score (nSPS) is 32.6. The molecular weight excluding hydrogens is 262 g/mol. The first-order chi connectivity index (χ1) is 10.1. The molecule has 0 aromatic heterocycles. The molecule has 3 rings (SSSR count). The number of fused-ring (bicyclic) bond motifs is 1. The van der Waals surface area contributed by atoms with E-state index in [9.17, 15) is 9.90 Å². The van der Waals surface area contributed by atoms with Gasteiger partial charge in [0, 0.05) is 18.3 Å². The number of carbonyl (C=O) groups is 1. The van der Waals surface area contributed by atoms with Crippen molar-refractivity contribution in [2.45, 2.75) is 45.6 Å². The van der Waals surface area contributed by atoms with Crippen LogP contribution in [0.3, 0.4) is 0 Å². The second kappa shape index (κ2) is 5.70. The molecule has 3 nitrogen and oxygen atoms in total. The summed E-state index contributed by atoms with van der Waals surface area (Å²) in [6.45, 7) is 5.34. The highest BCUT2D eigenvalue weighted by molar-refractivity contribution is 5.74. The molecule has 0 spiro atoms. The minimum Gasteiger partial charge on any atom is -0.481 e. The third-order valence-electron chi connectivity index (χ3n) is 5.54. The quantitative estimate of drug-likeness (QED) is 0.904.